The fraction of sp³-hybridized carbons (Fsp3) is 0.647. The smallest absolute Gasteiger partial charge is 0.0950 e. The van der Waals surface area contributed by atoms with E-state index in [1.165, 1.54) is 24.8 Å². The van der Waals surface area contributed by atoms with Crippen molar-refractivity contribution < 1.29 is 9.47 Å². The van der Waals surface area contributed by atoms with Crippen molar-refractivity contribution in [3.05, 3.63) is 34.3 Å². The van der Waals surface area contributed by atoms with E-state index < -0.39 is 0 Å². The molecule has 0 heterocycles. The van der Waals surface area contributed by atoms with Crippen LogP contribution in [0, 0.1) is 0 Å². The van der Waals surface area contributed by atoms with E-state index in [4.69, 9.17) is 9.47 Å². The normalized spacial score (nSPS) is 16.1. The molecule has 21 heavy (non-hydrogen) atoms. The molecule has 1 fully saturated rings. The fourth-order valence-electron chi connectivity index (χ4n) is 2.11. The average molecular weight is 356 g/mol. The second-order valence-electron chi connectivity index (χ2n) is 5.56. The summed E-state index contributed by atoms with van der Waals surface area (Å²) < 4.78 is 12.7. The van der Waals surface area contributed by atoms with Gasteiger partial charge in [-0.2, -0.15) is 0 Å². The summed E-state index contributed by atoms with van der Waals surface area (Å²) in [5.74, 6) is 0. The quantitative estimate of drug-likeness (QED) is 0.606. The van der Waals surface area contributed by atoms with E-state index in [0.29, 0.717) is 19.3 Å². The van der Waals surface area contributed by atoms with E-state index in [2.05, 4.69) is 52.4 Å². The van der Waals surface area contributed by atoms with Crippen LogP contribution < -0.4 is 5.32 Å². The molecule has 0 bridgehead atoms. The van der Waals surface area contributed by atoms with Crippen LogP contribution in [0.15, 0.2) is 28.7 Å². The molecule has 1 N–H and O–H groups in total. The molecule has 0 radical (unpaired) electrons. The van der Waals surface area contributed by atoms with Crippen molar-refractivity contribution in [2.75, 3.05) is 26.4 Å². The molecule has 1 aromatic rings. The van der Waals surface area contributed by atoms with Crippen LogP contribution in [0.3, 0.4) is 0 Å². The highest BCUT2D eigenvalue weighted by atomic mass is 79.9. The van der Waals surface area contributed by atoms with Crippen LogP contribution in [-0.4, -0.2) is 32.4 Å². The average Bonchev–Trinajstić information content (AvgIpc) is 3.31. The van der Waals surface area contributed by atoms with Crippen molar-refractivity contribution in [3.8, 4) is 0 Å². The number of halogens is 1. The first-order valence-corrected chi connectivity index (χ1v) is 8.77. The SMILES string of the molecule is CCCCOCCOC(CNC1CC1)c1ccc(Br)cc1. The van der Waals surface area contributed by atoms with E-state index in [0.717, 1.165) is 24.0 Å². The van der Waals surface area contributed by atoms with Gasteiger partial charge in [-0.05, 0) is 37.0 Å². The third-order valence-corrected chi connectivity index (χ3v) is 4.13. The number of hydrogen-bond donors (Lipinski definition) is 1. The molecule has 3 nitrogen and oxygen atoms in total. The van der Waals surface area contributed by atoms with Crippen LogP contribution in [0.1, 0.15) is 44.3 Å². The summed E-state index contributed by atoms with van der Waals surface area (Å²) >= 11 is 3.48. The van der Waals surface area contributed by atoms with Gasteiger partial charge in [0.25, 0.3) is 0 Å². The Morgan fingerprint density at radius 1 is 1.19 bits per heavy atom. The van der Waals surface area contributed by atoms with Gasteiger partial charge in [-0.3, -0.25) is 0 Å². The fourth-order valence-corrected chi connectivity index (χ4v) is 2.37. The van der Waals surface area contributed by atoms with Crippen LogP contribution in [0.4, 0.5) is 0 Å². The minimum atomic E-state index is 0.105. The van der Waals surface area contributed by atoms with Crippen LogP contribution in [0.2, 0.25) is 0 Å². The predicted molar refractivity (Wildman–Crippen MR) is 89.6 cm³/mol. The van der Waals surface area contributed by atoms with E-state index in [1.54, 1.807) is 0 Å². The van der Waals surface area contributed by atoms with E-state index >= 15 is 0 Å². The summed E-state index contributed by atoms with van der Waals surface area (Å²) in [4.78, 5) is 0. The first-order valence-electron chi connectivity index (χ1n) is 7.97. The van der Waals surface area contributed by atoms with Crippen molar-refractivity contribution in [1.29, 1.82) is 0 Å². The second kappa shape index (κ2) is 9.57. The summed E-state index contributed by atoms with van der Waals surface area (Å²) in [5, 5.41) is 3.55. The minimum Gasteiger partial charge on any atom is -0.379 e. The molecule has 2 rings (SSSR count). The molecule has 1 aromatic carbocycles. The number of ether oxygens (including phenoxy) is 2. The third-order valence-electron chi connectivity index (χ3n) is 3.60. The lowest BCUT2D eigenvalue weighted by Crippen LogP contribution is -2.26. The van der Waals surface area contributed by atoms with E-state index in [-0.39, 0.29) is 6.10 Å². The highest BCUT2D eigenvalue weighted by Gasteiger charge is 2.22. The minimum absolute atomic E-state index is 0.105. The highest BCUT2D eigenvalue weighted by Crippen LogP contribution is 2.23. The van der Waals surface area contributed by atoms with Gasteiger partial charge in [-0.1, -0.05) is 41.4 Å². The molecule has 0 aromatic heterocycles. The first-order chi connectivity index (χ1) is 10.3. The van der Waals surface area contributed by atoms with Crippen LogP contribution >= 0.6 is 15.9 Å². The summed E-state index contributed by atoms with van der Waals surface area (Å²) in [6, 6.07) is 9.09. The second-order valence-corrected chi connectivity index (χ2v) is 6.48. The first kappa shape index (κ1) is 16.9. The molecule has 1 atom stereocenters. The maximum Gasteiger partial charge on any atom is 0.0950 e. The molecular weight excluding hydrogens is 330 g/mol. The molecule has 0 saturated heterocycles. The Balaban J connectivity index is 1.75. The summed E-state index contributed by atoms with van der Waals surface area (Å²) in [5.41, 5.74) is 1.22. The van der Waals surface area contributed by atoms with Crippen LogP contribution in [-0.2, 0) is 9.47 Å². The lowest BCUT2D eigenvalue weighted by molar-refractivity contribution is 0.00345. The lowest BCUT2D eigenvalue weighted by Gasteiger charge is -2.19. The zero-order valence-corrected chi connectivity index (χ0v) is 14.4. The zero-order chi connectivity index (χ0) is 14.9. The maximum atomic E-state index is 6.02. The Kier molecular flexibility index (Phi) is 7.72. The van der Waals surface area contributed by atoms with E-state index in [9.17, 15) is 0 Å². The maximum absolute atomic E-state index is 6.02. The zero-order valence-electron chi connectivity index (χ0n) is 12.8. The Bertz CT molecular complexity index is 392. The lowest BCUT2D eigenvalue weighted by atomic mass is 10.1. The van der Waals surface area contributed by atoms with Gasteiger partial charge in [0.15, 0.2) is 0 Å². The monoisotopic (exact) mass is 355 g/mol. The number of unbranched alkanes of at least 4 members (excludes halogenated alkanes) is 1. The number of benzene rings is 1. The molecule has 118 valence electrons. The molecule has 1 saturated carbocycles. The molecule has 1 unspecified atom stereocenters. The van der Waals surface area contributed by atoms with Crippen molar-refractivity contribution in [2.45, 2.75) is 44.8 Å². The molecular formula is C17H26BrNO2. The predicted octanol–water partition coefficient (Wildman–Crippen LogP) is 4.08. The largest absolute Gasteiger partial charge is 0.379 e. The third kappa shape index (κ3) is 6.92. The topological polar surface area (TPSA) is 30.5 Å². The van der Waals surface area contributed by atoms with Crippen molar-refractivity contribution in [3.63, 3.8) is 0 Å². The standard InChI is InChI=1S/C17H26BrNO2/c1-2-3-10-20-11-12-21-17(13-19-16-8-9-16)14-4-6-15(18)7-5-14/h4-7,16-17,19H,2-3,8-13H2,1H3. The molecule has 0 amide bonds. The van der Waals surface area contributed by atoms with Gasteiger partial charge in [0.05, 0.1) is 19.3 Å². The molecule has 1 aliphatic carbocycles. The van der Waals surface area contributed by atoms with E-state index in [1.807, 2.05) is 0 Å². The van der Waals surface area contributed by atoms with Crippen LogP contribution in [0.5, 0.6) is 0 Å². The van der Waals surface area contributed by atoms with Gasteiger partial charge in [-0.25, -0.2) is 0 Å². The Morgan fingerprint density at radius 2 is 1.95 bits per heavy atom. The number of nitrogens with one attached hydrogen (secondary N) is 1. The van der Waals surface area contributed by atoms with Crippen molar-refractivity contribution >= 4 is 15.9 Å². The van der Waals surface area contributed by atoms with Gasteiger partial charge in [0, 0.05) is 23.7 Å². The molecule has 0 aliphatic heterocycles. The van der Waals surface area contributed by atoms with Gasteiger partial charge in [0.1, 0.15) is 0 Å². The Morgan fingerprint density at radius 3 is 2.62 bits per heavy atom. The van der Waals surface area contributed by atoms with Crippen molar-refractivity contribution in [2.24, 2.45) is 0 Å². The molecule has 0 spiro atoms. The summed E-state index contributed by atoms with van der Waals surface area (Å²) in [6.45, 7) is 5.21. The number of rotatable bonds is 11. The van der Waals surface area contributed by atoms with Gasteiger partial charge >= 0.3 is 0 Å². The highest BCUT2D eigenvalue weighted by molar-refractivity contribution is 9.10. The van der Waals surface area contributed by atoms with Crippen LogP contribution in [0.25, 0.3) is 0 Å². The number of hydrogen-bond acceptors (Lipinski definition) is 3. The van der Waals surface area contributed by atoms with Gasteiger partial charge in [0.2, 0.25) is 0 Å². The summed E-state index contributed by atoms with van der Waals surface area (Å²) in [7, 11) is 0. The van der Waals surface area contributed by atoms with Gasteiger partial charge in [-0.15, -0.1) is 0 Å². The van der Waals surface area contributed by atoms with Gasteiger partial charge < -0.3 is 14.8 Å². The molecule has 4 heteroatoms. The Hall–Kier alpha value is -0.420. The Labute approximate surface area is 136 Å². The summed E-state index contributed by atoms with van der Waals surface area (Å²) in [6.07, 6.45) is 5.00. The molecule has 1 aliphatic rings. The van der Waals surface area contributed by atoms with Crippen molar-refractivity contribution in [1.82, 2.24) is 5.32 Å².